The van der Waals surface area contributed by atoms with Crippen molar-refractivity contribution in [2.45, 2.75) is 6.54 Å². The zero-order valence-corrected chi connectivity index (χ0v) is 13.5. The third-order valence-electron chi connectivity index (χ3n) is 3.24. The van der Waals surface area contributed by atoms with E-state index in [0.29, 0.717) is 23.4 Å². The quantitative estimate of drug-likeness (QED) is 0.741. The van der Waals surface area contributed by atoms with Gasteiger partial charge in [0.25, 0.3) is 0 Å². The van der Waals surface area contributed by atoms with Crippen molar-refractivity contribution in [2.24, 2.45) is 0 Å². The van der Waals surface area contributed by atoms with Gasteiger partial charge in [-0.3, -0.25) is 0 Å². The number of anilines is 1. The Kier molecular flexibility index (Phi) is 4.63. The van der Waals surface area contributed by atoms with Crippen LogP contribution in [0.2, 0.25) is 0 Å². The molecule has 0 aliphatic carbocycles. The van der Waals surface area contributed by atoms with Crippen molar-refractivity contribution in [1.29, 1.82) is 0 Å². The molecule has 3 aromatic rings. The second-order valence-electron chi connectivity index (χ2n) is 5.03. The summed E-state index contributed by atoms with van der Waals surface area (Å²) in [5, 5.41) is 7.77. The number of rotatable bonds is 4. The number of hydrogen-bond donors (Lipinski definition) is 1. The van der Waals surface area contributed by atoms with Gasteiger partial charge in [0.2, 0.25) is 11.7 Å². The molecule has 0 bridgehead atoms. The van der Waals surface area contributed by atoms with Gasteiger partial charge in [0, 0.05) is 18.3 Å². The molecule has 116 valence electrons. The average molecular weight is 324 g/mol. The van der Waals surface area contributed by atoms with Crippen molar-refractivity contribution in [1.82, 2.24) is 15.0 Å². The Morgan fingerprint density at radius 1 is 1.09 bits per heavy atom. The molecule has 0 aliphatic heterocycles. The standard InChI is InChI=1S/C17H16N4OS/c1-21(17(23)18-14-10-6-3-7-11-14)12-15-19-16(20-22-15)13-8-4-2-5-9-13/h2-11H,12H2,1H3,(H,18,23). The van der Waals surface area contributed by atoms with E-state index in [1.807, 2.05) is 72.6 Å². The van der Waals surface area contributed by atoms with Gasteiger partial charge in [-0.2, -0.15) is 4.98 Å². The normalized spacial score (nSPS) is 10.3. The molecule has 23 heavy (non-hydrogen) atoms. The molecular formula is C17H16N4OS. The summed E-state index contributed by atoms with van der Waals surface area (Å²) < 4.78 is 5.30. The maximum absolute atomic E-state index is 5.38. The van der Waals surface area contributed by atoms with E-state index in [0.717, 1.165) is 11.3 Å². The molecule has 1 heterocycles. The van der Waals surface area contributed by atoms with Gasteiger partial charge in [-0.05, 0) is 24.4 Å². The molecule has 0 amide bonds. The first-order valence-electron chi connectivity index (χ1n) is 7.17. The van der Waals surface area contributed by atoms with Crippen LogP contribution in [-0.2, 0) is 6.54 Å². The van der Waals surface area contributed by atoms with Crippen molar-refractivity contribution >= 4 is 23.0 Å². The highest BCUT2D eigenvalue weighted by Gasteiger charge is 2.12. The maximum Gasteiger partial charge on any atom is 0.246 e. The number of para-hydroxylation sites is 1. The van der Waals surface area contributed by atoms with Crippen LogP contribution >= 0.6 is 12.2 Å². The second kappa shape index (κ2) is 7.02. The molecular weight excluding hydrogens is 308 g/mol. The lowest BCUT2D eigenvalue weighted by molar-refractivity contribution is 0.336. The van der Waals surface area contributed by atoms with Gasteiger partial charge in [0.1, 0.15) is 0 Å². The number of benzene rings is 2. The summed E-state index contributed by atoms with van der Waals surface area (Å²) in [5.74, 6) is 1.10. The maximum atomic E-state index is 5.38. The van der Waals surface area contributed by atoms with E-state index in [-0.39, 0.29) is 0 Å². The van der Waals surface area contributed by atoms with Crippen LogP contribution in [0.4, 0.5) is 5.69 Å². The van der Waals surface area contributed by atoms with Gasteiger partial charge in [-0.25, -0.2) is 0 Å². The lowest BCUT2D eigenvalue weighted by Gasteiger charge is -2.19. The van der Waals surface area contributed by atoms with E-state index in [9.17, 15) is 0 Å². The van der Waals surface area contributed by atoms with E-state index in [4.69, 9.17) is 16.7 Å². The van der Waals surface area contributed by atoms with E-state index in [1.165, 1.54) is 0 Å². The molecule has 0 radical (unpaired) electrons. The van der Waals surface area contributed by atoms with Crippen LogP contribution in [0.25, 0.3) is 11.4 Å². The van der Waals surface area contributed by atoms with Crippen LogP contribution in [0.15, 0.2) is 65.2 Å². The average Bonchev–Trinajstić information content (AvgIpc) is 3.05. The van der Waals surface area contributed by atoms with Crippen LogP contribution in [-0.4, -0.2) is 27.2 Å². The minimum absolute atomic E-state index is 0.443. The molecule has 1 N–H and O–H groups in total. The molecule has 0 atom stereocenters. The first-order chi connectivity index (χ1) is 11.2. The molecule has 0 aliphatic rings. The zero-order chi connectivity index (χ0) is 16.1. The first kappa shape index (κ1) is 15.2. The Hall–Kier alpha value is -2.73. The third kappa shape index (κ3) is 3.92. The van der Waals surface area contributed by atoms with Gasteiger partial charge in [0.05, 0.1) is 6.54 Å². The fourth-order valence-corrected chi connectivity index (χ4v) is 2.22. The van der Waals surface area contributed by atoms with Crippen LogP contribution < -0.4 is 5.32 Å². The van der Waals surface area contributed by atoms with Crippen molar-refractivity contribution in [3.63, 3.8) is 0 Å². The smallest absolute Gasteiger partial charge is 0.246 e. The SMILES string of the molecule is CN(Cc1nc(-c2ccccc2)no1)C(=S)Nc1ccccc1. The van der Waals surface area contributed by atoms with Gasteiger partial charge in [-0.1, -0.05) is 53.7 Å². The Morgan fingerprint density at radius 2 is 1.74 bits per heavy atom. The van der Waals surface area contributed by atoms with Crippen LogP contribution in [0, 0.1) is 0 Å². The molecule has 0 fully saturated rings. The minimum atomic E-state index is 0.443. The van der Waals surface area contributed by atoms with Gasteiger partial charge in [0.15, 0.2) is 5.11 Å². The lowest BCUT2D eigenvalue weighted by atomic mass is 10.2. The summed E-state index contributed by atoms with van der Waals surface area (Å²) >= 11 is 5.38. The highest BCUT2D eigenvalue weighted by Crippen LogP contribution is 2.15. The van der Waals surface area contributed by atoms with Gasteiger partial charge < -0.3 is 14.7 Å². The molecule has 3 rings (SSSR count). The number of aromatic nitrogens is 2. The fraction of sp³-hybridized carbons (Fsp3) is 0.118. The molecule has 0 saturated heterocycles. The molecule has 2 aromatic carbocycles. The van der Waals surface area contributed by atoms with E-state index < -0.39 is 0 Å². The molecule has 0 spiro atoms. The van der Waals surface area contributed by atoms with Crippen molar-refractivity contribution < 1.29 is 4.52 Å². The van der Waals surface area contributed by atoms with E-state index >= 15 is 0 Å². The summed E-state index contributed by atoms with van der Waals surface area (Å²) in [7, 11) is 1.88. The predicted molar refractivity (Wildman–Crippen MR) is 93.9 cm³/mol. The van der Waals surface area contributed by atoms with Crippen molar-refractivity contribution in [3.8, 4) is 11.4 Å². The summed E-state index contributed by atoms with van der Waals surface area (Å²) in [5.41, 5.74) is 1.87. The second-order valence-corrected chi connectivity index (χ2v) is 5.42. The van der Waals surface area contributed by atoms with Crippen molar-refractivity contribution in [3.05, 3.63) is 66.6 Å². The topological polar surface area (TPSA) is 54.2 Å². The van der Waals surface area contributed by atoms with E-state index in [1.54, 1.807) is 0 Å². The van der Waals surface area contributed by atoms with Crippen LogP contribution in [0.1, 0.15) is 5.89 Å². The summed E-state index contributed by atoms with van der Waals surface area (Å²) in [6.45, 7) is 0.443. The molecule has 6 heteroatoms. The predicted octanol–water partition coefficient (Wildman–Crippen LogP) is 3.57. The number of nitrogens with zero attached hydrogens (tertiary/aromatic N) is 3. The Bertz CT molecular complexity index is 774. The van der Waals surface area contributed by atoms with Crippen molar-refractivity contribution in [2.75, 3.05) is 12.4 Å². The van der Waals surface area contributed by atoms with E-state index in [2.05, 4.69) is 15.5 Å². The summed E-state index contributed by atoms with van der Waals surface area (Å²) in [6, 6.07) is 19.5. The van der Waals surface area contributed by atoms with Crippen LogP contribution in [0.3, 0.4) is 0 Å². The Morgan fingerprint density at radius 3 is 2.43 bits per heavy atom. The number of hydrogen-bond acceptors (Lipinski definition) is 4. The Labute approximate surface area is 139 Å². The first-order valence-corrected chi connectivity index (χ1v) is 7.58. The summed E-state index contributed by atoms with van der Waals surface area (Å²) in [6.07, 6.45) is 0. The molecule has 5 nitrogen and oxygen atoms in total. The fourth-order valence-electron chi connectivity index (χ4n) is 2.04. The largest absolute Gasteiger partial charge is 0.343 e. The molecule has 0 saturated carbocycles. The molecule has 0 unspecified atom stereocenters. The van der Waals surface area contributed by atoms with Gasteiger partial charge >= 0.3 is 0 Å². The van der Waals surface area contributed by atoms with Crippen LogP contribution in [0.5, 0.6) is 0 Å². The summed E-state index contributed by atoms with van der Waals surface area (Å²) in [4.78, 5) is 6.25. The highest BCUT2D eigenvalue weighted by atomic mass is 32.1. The number of thiocarbonyl (C=S) groups is 1. The van der Waals surface area contributed by atoms with Gasteiger partial charge in [-0.15, -0.1) is 0 Å². The molecule has 1 aromatic heterocycles. The highest BCUT2D eigenvalue weighted by molar-refractivity contribution is 7.80. The Balaban J connectivity index is 1.63. The monoisotopic (exact) mass is 324 g/mol. The number of nitrogens with one attached hydrogen (secondary N) is 1. The zero-order valence-electron chi connectivity index (χ0n) is 12.6. The lowest BCUT2D eigenvalue weighted by Crippen LogP contribution is -2.30. The minimum Gasteiger partial charge on any atom is -0.343 e. The third-order valence-corrected chi connectivity index (χ3v) is 3.66.